The zero-order chi connectivity index (χ0) is 11.8. The molecule has 1 heterocycles. The summed E-state index contributed by atoms with van der Waals surface area (Å²) in [7, 11) is 1.64. The average molecular weight is 219 g/mol. The fourth-order valence-corrected chi connectivity index (χ4v) is 2.47. The van der Waals surface area contributed by atoms with Crippen LogP contribution in [0.4, 0.5) is 5.69 Å². The first-order chi connectivity index (χ1) is 7.67. The second-order valence-corrected chi connectivity index (χ2v) is 4.15. The maximum atomic E-state index is 12.1. The van der Waals surface area contributed by atoms with E-state index in [1.54, 1.807) is 7.11 Å². The van der Waals surface area contributed by atoms with Crippen molar-refractivity contribution in [3.05, 3.63) is 23.8 Å². The Hall–Kier alpha value is -1.51. The van der Waals surface area contributed by atoms with Gasteiger partial charge in [-0.2, -0.15) is 0 Å². The third-order valence-electron chi connectivity index (χ3n) is 3.63. The molecule has 1 aromatic rings. The van der Waals surface area contributed by atoms with E-state index in [4.69, 9.17) is 4.74 Å². The van der Waals surface area contributed by atoms with Crippen LogP contribution in [0.3, 0.4) is 0 Å². The number of carbonyl (C=O) groups excluding carboxylic acids is 1. The van der Waals surface area contributed by atoms with E-state index in [9.17, 15) is 4.79 Å². The molecule has 1 amide bonds. The summed E-state index contributed by atoms with van der Waals surface area (Å²) in [6, 6.07) is 5.76. The summed E-state index contributed by atoms with van der Waals surface area (Å²) >= 11 is 0. The summed E-state index contributed by atoms with van der Waals surface area (Å²) in [5.41, 5.74) is 1.63. The van der Waals surface area contributed by atoms with Crippen molar-refractivity contribution in [2.45, 2.75) is 32.1 Å². The molecule has 3 heteroatoms. The number of amides is 1. The molecule has 0 saturated heterocycles. The molecule has 2 rings (SSSR count). The van der Waals surface area contributed by atoms with Crippen molar-refractivity contribution in [2.75, 3.05) is 12.4 Å². The smallest absolute Gasteiger partial charge is 0.235 e. The van der Waals surface area contributed by atoms with Gasteiger partial charge in [-0.3, -0.25) is 4.79 Å². The molecule has 0 unspecified atom stereocenters. The summed E-state index contributed by atoms with van der Waals surface area (Å²) < 4.78 is 5.22. The molecule has 0 radical (unpaired) electrons. The minimum absolute atomic E-state index is 0.112. The number of anilines is 1. The molecule has 0 bridgehead atoms. The van der Waals surface area contributed by atoms with E-state index in [2.05, 4.69) is 19.2 Å². The van der Waals surface area contributed by atoms with Crippen LogP contribution in [0.25, 0.3) is 0 Å². The highest BCUT2D eigenvalue weighted by atomic mass is 16.5. The topological polar surface area (TPSA) is 38.3 Å². The standard InChI is InChI=1S/C13H17NO2/c1-4-13(5-2)10-8-9(16-3)6-7-11(10)14-12(13)15/h6-8H,4-5H2,1-3H3,(H,14,15). The van der Waals surface area contributed by atoms with Crippen LogP contribution < -0.4 is 10.1 Å². The van der Waals surface area contributed by atoms with Gasteiger partial charge in [0.05, 0.1) is 12.5 Å². The summed E-state index contributed by atoms with van der Waals surface area (Å²) in [6.07, 6.45) is 1.63. The summed E-state index contributed by atoms with van der Waals surface area (Å²) in [6.45, 7) is 4.11. The number of nitrogens with one attached hydrogen (secondary N) is 1. The Morgan fingerprint density at radius 3 is 2.56 bits per heavy atom. The molecule has 0 aromatic heterocycles. The first-order valence-electron chi connectivity index (χ1n) is 5.68. The molecule has 1 aromatic carbocycles. The first-order valence-corrected chi connectivity index (χ1v) is 5.68. The van der Waals surface area contributed by atoms with E-state index in [1.165, 1.54) is 0 Å². The van der Waals surface area contributed by atoms with Crippen molar-refractivity contribution in [3.63, 3.8) is 0 Å². The molecule has 0 atom stereocenters. The molecular formula is C13H17NO2. The van der Waals surface area contributed by atoms with Gasteiger partial charge >= 0.3 is 0 Å². The van der Waals surface area contributed by atoms with Gasteiger partial charge in [-0.25, -0.2) is 0 Å². The lowest BCUT2D eigenvalue weighted by Crippen LogP contribution is -2.32. The second-order valence-electron chi connectivity index (χ2n) is 4.15. The Morgan fingerprint density at radius 1 is 1.31 bits per heavy atom. The molecule has 0 fully saturated rings. The van der Waals surface area contributed by atoms with Crippen LogP contribution in [0.15, 0.2) is 18.2 Å². The van der Waals surface area contributed by atoms with Crippen molar-refractivity contribution in [1.82, 2.24) is 0 Å². The summed E-state index contributed by atoms with van der Waals surface area (Å²) in [5.74, 6) is 0.919. The van der Waals surface area contributed by atoms with E-state index in [0.717, 1.165) is 29.8 Å². The lowest BCUT2D eigenvalue weighted by molar-refractivity contribution is -0.121. The van der Waals surface area contributed by atoms with E-state index < -0.39 is 0 Å². The van der Waals surface area contributed by atoms with Crippen LogP contribution in [-0.2, 0) is 10.2 Å². The number of rotatable bonds is 3. The van der Waals surface area contributed by atoms with Gasteiger partial charge in [0.2, 0.25) is 5.91 Å². The number of methoxy groups -OCH3 is 1. The SMILES string of the molecule is CCC1(CC)C(=O)Nc2ccc(OC)cc21. The molecule has 0 spiro atoms. The predicted molar refractivity (Wildman–Crippen MR) is 63.9 cm³/mol. The highest BCUT2D eigenvalue weighted by Crippen LogP contribution is 2.43. The Kier molecular flexibility index (Phi) is 2.62. The fraction of sp³-hybridized carbons (Fsp3) is 0.462. The Morgan fingerprint density at radius 2 is 2.00 bits per heavy atom. The van der Waals surface area contributed by atoms with Crippen LogP contribution >= 0.6 is 0 Å². The maximum absolute atomic E-state index is 12.1. The number of hydrogen-bond donors (Lipinski definition) is 1. The summed E-state index contributed by atoms with van der Waals surface area (Å²) in [5, 5.41) is 2.95. The van der Waals surface area contributed by atoms with E-state index in [1.807, 2.05) is 18.2 Å². The number of hydrogen-bond acceptors (Lipinski definition) is 2. The zero-order valence-corrected chi connectivity index (χ0v) is 9.96. The third kappa shape index (κ3) is 1.31. The van der Waals surface area contributed by atoms with E-state index >= 15 is 0 Å². The highest BCUT2D eigenvalue weighted by Gasteiger charge is 2.43. The van der Waals surface area contributed by atoms with E-state index in [0.29, 0.717) is 0 Å². The quantitative estimate of drug-likeness (QED) is 0.848. The molecule has 1 N–H and O–H groups in total. The predicted octanol–water partition coefficient (Wildman–Crippen LogP) is 2.71. The normalized spacial score (nSPS) is 16.8. The number of fused-ring (bicyclic) bond motifs is 1. The monoisotopic (exact) mass is 219 g/mol. The van der Waals surface area contributed by atoms with Crippen molar-refractivity contribution in [3.8, 4) is 5.75 Å². The van der Waals surface area contributed by atoms with Gasteiger partial charge in [0.15, 0.2) is 0 Å². The average Bonchev–Trinajstić information content (AvgIpc) is 2.60. The second kappa shape index (κ2) is 3.81. The number of carbonyl (C=O) groups is 1. The largest absolute Gasteiger partial charge is 0.497 e. The van der Waals surface area contributed by atoms with Crippen LogP contribution in [0.1, 0.15) is 32.3 Å². The summed E-state index contributed by atoms with van der Waals surface area (Å²) in [4.78, 5) is 12.1. The van der Waals surface area contributed by atoms with Crippen molar-refractivity contribution in [1.29, 1.82) is 0 Å². The van der Waals surface area contributed by atoms with Gasteiger partial charge in [-0.05, 0) is 36.6 Å². The van der Waals surface area contributed by atoms with Crippen LogP contribution in [0.5, 0.6) is 5.75 Å². The Labute approximate surface area is 95.8 Å². The molecular weight excluding hydrogens is 202 g/mol. The van der Waals surface area contributed by atoms with Crippen LogP contribution in [0, 0.1) is 0 Å². The lowest BCUT2D eigenvalue weighted by atomic mass is 9.77. The molecule has 86 valence electrons. The minimum atomic E-state index is -0.371. The van der Waals surface area contributed by atoms with Crippen LogP contribution in [0.2, 0.25) is 0 Å². The molecule has 3 nitrogen and oxygen atoms in total. The van der Waals surface area contributed by atoms with Crippen molar-refractivity contribution in [2.24, 2.45) is 0 Å². The number of benzene rings is 1. The van der Waals surface area contributed by atoms with Crippen molar-refractivity contribution >= 4 is 11.6 Å². The van der Waals surface area contributed by atoms with Gasteiger partial charge in [-0.15, -0.1) is 0 Å². The minimum Gasteiger partial charge on any atom is -0.497 e. The van der Waals surface area contributed by atoms with Crippen LogP contribution in [-0.4, -0.2) is 13.0 Å². The molecule has 0 aliphatic carbocycles. The van der Waals surface area contributed by atoms with Crippen molar-refractivity contribution < 1.29 is 9.53 Å². The lowest BCUT2D eigenvalue weighted by Gasteiger charge is -2.24. The molecule has 1 aliphatic heterocycles. The van der Waals surface area contributed by atoms with E-state index in [-0.39, 0.29) is 11.3 Å². The zero-order valence-electron chi connectivity index (χ0n) is 9.96. The molecule has 16 heavy (non-hydrogen) atoms. The van der Waals surface area contributed by atoms with Gasteiger partial charge in [-0.1, -0.05) is 13.8 Å². The van der Waals surface area contributed by atoms with Gasteiger partial charge in [0.1, 0.15) is 5.75 Å². The van der Waals surface area contributed by atoms with Gasteiger partial charge < -0.3 is 10.1 Å². The van der Waals surface area contributed by atoms with Gasteiger partial charge in [0.25, 0.3) is 0 Å². The maximum Gasteiger partial charge on any atom is 0.235 e. The molecule has 0 saturated carbocycles. The third-order valence-corrected chi connectivity index (χ3v) is 3.63. The fourth-order valence-electron chi connectivity index (χ4n) is 2.47. The highest BCUT2D eigenvalue weighted by molar-refractivity contribution is 6.06. The van der Waals surface area contributed by atoms with Gasteiger partial charge in [0, 0.05) is 5.69 Å². The molecule has 1 aliphatic rings. The Bertz CT molecular complexity index is 422. The number of ether oxygens (including phenoxy) is 1. The first kappa shape index (κ1) is 11.0. The Balaban J connectivity index is 2.57.